The molecule has 1 aliphatic rings. The molecule has 0 radical (unpaired) electrons. The lowest BCUT2D eigenvalue weighted by Crippen LogP contribution is -2.35. The van der Waals surface area contributed by atoms with Gasteiger partial charge in [0.2, 0.25) is 0 Å². The third-order valence-corrected chi connectivity index (χ3v) is 3.45. The van der Waals surface area contributed by atoms with Crippen molar-refractivity contribution in [2.75, 3.05) is 13.1 Å². The molecule has 1 aromatic rings. The van der Waals surface area contributed by atoms with Crippen LogP contribution in [0.1, 0.15) is 24.8 Å². The molecule has 1 fully saturated rings. The first-order valence-electron chi connectivity index (χ1n) is 5.73. The number of nitrogens with zero attached hydrogens (tertiary/aromatic N) is 2. The van der Waals surface area contributed by atoms with Gasteiger partial charge in [0.1, 0.15) is 4.99 Å². The molecular weight excluding hydrogens is 236 g/mol. The zero-order chi connectivity index (χ0) is 12.3. The fourth-order valence-corrected chi connectivity index (χ4v) is 2.44. The molecule has 0 N–H and O–H groups in total. The Bertz CT molecular complexity index is 442. The number of para-hydroxylation sites is 1. The van der Waals surface area contributed by atoms with Gasteiger partial charge in [0.15, 0.2) is 0 Å². The number of hydrogen-bond acceptors (Lipinski definition) is 3. The van der Waals surface area contributed by atoms with E-state index in [1.54, 1.807) is 18.2 Å². The van der Waals surface area contributed by atoms with E-state index in [1.807, 2.05) is 0 Å². The number of nitro groups is 1. The first-order valence-corrected chi connectivity index (χ1v) is 6.13. The summed E-state index contributed by atoms with van der Waals surface area (Å²) in [5.74, 6) is 0. The first-order chi connectivity index (χ1) is 8.20. The summed E-state index contributed by atoms with van der Waals surface area (Å²) in [6.07, 6.45) is 3.44. The molecule has 5 heteroatoms. The molecule has 0 saturated carbocycles. The van der Waals surface area contributed by atoms with Gasteiger partial charge < -0.3 is 4.90 Å². The van der Waals surface area contributed by atoms with Crippen LogP contribution in [0.5, 0.6) is 0 Å². The maximum atomic E-state index is 10.9. The first kappa shape index (κ1) is 12.0. The van der Waals surface area contributed by atoms with E-state index in [2.05, 4.69) is 4.90 Å². The van der Waals surface area contributed by atoms with Crippen molar-refractivity contribution in [1.29, 1.82) is 0 Å². The van der Waals surface area contributed by atoms with Gasteiger partial charge in [-0.3, -0.25) is 10.1 Å². The lowest BCUT2D eigenvalue weighted by Gasteiger charge is -2.28. The Morgan fingerprint density at radius 1 is 1.24 bits per heavy atom. The average molecular weight is 250 g/mol. The van der Waals surface area contributed by atoms with Gasteiger partial charge in [-0.25, -0.2) is 0 Å². The van der Waals surface area contributed by atoms with Crippen LogP contribution in [0, 0.1) is 10.1 Å². The fraction of sp³-hybridized carbons (Fsp3) is 0.417. The second-order valence-corrected chi connectivity index (χ2v) is 4.51. The van der Waals surface area contributed by atoms with Gasteiger partial charge in [-0.15, -0.1) is 0 Å². The Labute approximate surface area is 105 Å². The standard InChI is InChI=1S/C12H14N2O2S/c15-14(16)11-7-3-2-6-10(11)12(17)13-8-4-1-5-9-13/h2-3,6-7H,1,4-5,8-9H2. The highest BCUT2D eigenvalue weighted by Crippen LogP contribution is 2.22. The Morgan fingerprint density at radius 3 is 2.53 bits per heavy atom. The van der Waals surface area contributed by atoms with Crippen LogP contribution in [0.25, 0.3) is 0 Å². The number of thiocarbonyl (C=S) groups is 1. The highest BCUT2D eigenvalue weighted by Gasteiger charge is 2.21. The molecule has 4 nitrogen and oxygen atoms in total. The van der Waals surface area contributed by atoms with Crippen molar-refractivity contribution in [1.82, 2.24) is 4.90 Å². The zero-order valence-corrected chi connectivity index (χ0v) is 10.3. The molecule has 1 heterocycles. The SMILES string of the molecule is O=[N+]([O-])c1ccccc1C(=S)N1CCCCC1. The maximum Gasteiger partial charge on any atom is 0.279 e. The van der Waals surface area contributed by atoms with E-state index in [0.717, 1.165) is 25.9 Å². The second kappa shape index (κ2) is 5.23. The van der Waals surface area contributed by atoms with Gasteiger partial charge in [-0.2, -0.15) is 0 Å². The monoisotopic (exact) mass is 250 g/mol. The Kier molecular flexibility index (Phi) is 3.68. The molecule has 90 valence electrons. The number of nitro benzene ring substituents is 1. The van der Waals surface area contributed by atoms with Crippen molar-refractivity contribution in [2.24, 2.45) is 0 Å². The molecule has 2 rings (SSSR count). The van der Waals surface area contributed by atoms with Crippen molar-refractivity contribution in [3.8, 4) is 0 Å². The number of piperidine rings is 1. The van der Waals surface area contributed by atoms with Crippen LogP contribution in [-0.4, -0.2) is 27.9 Å². The van der Waals surface area contributed by atoms with Crippen LogP contribution >= 0.6 is 12.2 Å². The molecule has 0 spiro atoms. The summed E-state index contributed by atoms with van der Waals surface area (Å²) in [7, 11) is 0. The van der Waals surface area contributed by atoms with E-state index in [4.69, 9.17) is 12.2 Å². The van der Waals surface area contributed by atoms with Crippen molar-refractivity contribution in [2.45, 2.75) is 19.3 Å². The third-order valence-electron chi connectivity index (χ3n) is 2.97. The smallest absolute Gasteiger partial charge is 0.279 e. The van der Waals surface area contributed by atoms with Gasteiger partial charge in [0.25, 0.3) is 5.69 Å². The minimum absolute atomic E-state index is 0.100. The molecule has 0 amide bonds. The molecule has 1 aliphatic heterocycles. The van der Waals surface area contributed by atoms with Gasteiger partial charge >= 0.3 is 0 Å². The van der Waals surface area contributed by atoms with Crippen molar-refractivity contribution < 1.29 is 4.92 Å². The van der Waals surface area contributed by atoms with Crippen LogP contribution in [-0.2, 0) is 0 Å². The van der Waals surface area contributed by atoms with E-state index in [9.17, 15) is 10.1 Å². The van der Waals surface area contributed by atoms with Crippen LogP contribution in [0.2, 0.25) is 0 Å². The molecule has 17 heavy (non-hydrogen) atoms. The van der Waals surface area contributed by atoms with E-state index < -0.39 is 0 Å². The highest BCUT2D eigenvalue weighted by atomic mass is 32.1. The van der Waals surface area contributed by atoms with Gasteiger partial charge in [-0.05, 0) is 25.3 Å². The lowest BCUT2D eigenvalue weighted by molar-refractivity contribution is -0.385. The molecule has 0 aromatic heterocycles. The van der Waals surface area contributed by atoms with E-state index >= 15 is 0 Å². The number of benzene rings is 1. The summed E-state index contributed by atoms with van der Waals surface area (Å²) >= 11 is 5.37. The number of hydrogen-bond donors (Lipinski definition) is 0. The Morgan fingerprint density at radius 2 is 1.88 bits per heavy atom. The van der Waals surface area contributed by atoms with Crippen LogP contribution < -0.4 is 0 Å². The Balaban J connectivity index is 2.26. The fourth-order valence-electron chi connectivity index (χ4n) is 2.08. The van der Waals surface area contributed by atoms with E-state index in [-0.39, 0.29) is 10.6 Å². The normalized spacial score (nSPS) is 15.6. The summed E-state index contributed by atoms with van der Waals surface area (Å²) in [5, 5.41) is 10.9. The topological polar surface area (TPSA) is 46.4 Å². The molecule has 0 aliphatic carbocycles. The molecule has 1 saturated heterocycles. The van der Waals surface area contributed by atoms with Crippen LogP contribution in [0.4, 0.5) is 5.69 Å². The predicted molar refractivity (Wildman–Crippen MR) is 70.2 cm³/mol. The summed E-state index contributed by atoms with van der Waals surface area (Å²) in [6.45, 7) is 1.82. The maximum absolute atomic E-state index is 10.9. The quantitative estimate of drug-likeness (QED) is 0.460. The minimum Gasteiger partial charge on any atom is -0.362 e. The van der Waals surface area contributed by atoms with E-state index in [1.165, 1.54) is 12.5 Å². The summed E-state index contributed by atoms with van der Waals surface area (Å²) in [5.41, 5.74) is 0.664. The van der Waals surface area contributed by atoms with Crippen molar-refractivity contribution >= 4 is 22.9 Å². The molecule has 0 unspecified atom stereocenters. The second-order valence-electron chi connectivity index (χ2n) is 4.13. The summed E-state index contributed by atoms with van der Waals surface area (Å²) in [6, 6.07) is 6.69. The highest BCUT2D eigenvalue weighted by molar-refractivity contribution is 7.80. The van der Waals surface area contributed by atoms with Gasteiger partial charge in [0, 0.05) is 19.2 Å². The largest absolute Gasteiger partial charge is 0.362 e. The van der Waals surface area contributed by atoms with E-state index in [0.29, 0.717) is 10.6 Å². The number of rotatable bonds is 2. The minimum atomic E-state index is -0.369. The van der Waals surface area contributed by atoms with Crippen molar-refractivity contribution in [3.05, 3.63) is 39.9 Å². The Hall–Kier alpha value is -1.49. The van der Waals surface area contributed by atoms with Crippen LogP contribution in [0.3, 0.4) is 0 Å². The van der Waals surface area contributed by atoms with Crippen molar-refractivity contribution in [3.63, 3.8) is 0 Å². The molecule has 1 aromatic carbocycles. The summed E-state index contributed by atoms with van der Waals surface area (Å²) in [4.78, 5) is 13.2. The summed E-state index contributed by atoms with van der Waals surface area (Å²) < 4.78 is 0. The molecular formula is C12H14N2O2S. The zero-order valence-electron chi connectivity index (χ0n) is 9.46. The molecule has 0 bridgehead atoms. The van der Waals surface area contributed by atoms with Gasteiger partial charge in [0.05, 0.1) is 10.5 Å². The van der Waals surface area contributed by atoms with Gasteiger partial charge in [-0.1, -0.05) is 24.4 Å². The predicted octanol–water partition coefficient (Wildman–Crippen LogP) is 2.76. The third kappa shape index (κ3) is 2.61. The molecule has 0 atom stereocenters. The van der Waals surface area contributed by atoms with Crippen LogP contribution in [0.15, 0.2) is 24.3 Å². The average Bonchev–Trinajstić information content (AvgIpc) is 2.39. The number of likely N-dealkylation sites (tertiary alicyclic amines) is 1. The lowest BCUT2D eigenvalue weighted by atomic mass is 10.1.